The first-order chi connectivity index (χ1) is 10.9. The van der Waals surface area contributed by atoms with E-state index in [4.69, 9.17) is 0 Å². The Morgan fingerprint density at radius 3 is 2.48 bits per heavy atom. The molecule has 1 aromatic carbocycles. The van der Waals surface area contributed by atoms with Crippen molar-refractivity contribution in [3.8, 4) is 0 Å². The van der Waals surface area contributed by atoms with Crippen molar-refractivity contribution in [1.82, 2.24) is 0 Å². The van der Waals surface area contributed by atoms with Crippen LogP contribution in [-0.2, 0) is 11.2 Å². The summed E-state index contributed by atoms with van der Waals surface area (Å²) in [5, 5.41) is 0.634. The molecule has 126 valence electrons. The first-order valence-electron chi connectivity index (χ1n) is 8.73. The molecule has 2 unspecified atom stereocenters. The molecule has 0 saturated carbocycles. The number of Topliss-reactive ketones (excluding diaryl/α,β-unsaturated/α-hetero) is 1. The maximum atomic E-state index is 12.9. The molecule has 1 aliphatic rings. The van der Waals surface area contributed by atoms with E-state index < -0.39 is 0 Å². The minimum atomic E-state index is 0.355. The van der Waals surface area contributed by atoms with Gasteiger partial charge in [-0.15, -0.1) is 0 Å². The number of benzene rings is 1. The number of hydrogen-bond acceptors (Lipinski definition) is 2. The van der Waals surface area contributed by atoms with Crippen molar-refractivity contribution in [3.63, 3.8) is 0 Å². The molecule has 0 aliphatic heterocycles. The fourth-order valence-corrected chi connectivity index (χ4v) is 4.45. The van der Waals surface area contributed by atoms with Crippen LogP contribution in [-0.4, -0.2) is 17.3 Å². The van der Waals surface area contributed by atoms with Gasteiger partial charge in [0.2, 0.25) is 0 Å². The van der Waals surface area contributed by atoms with Crippen LogP contribution in [0.5, 0.6) is 0 Å². The molecular weight excluding hydrogens is 300 g/mol. The topological polar surface area (TPSA) is 17.1 Å². The number of rotatable bonds is 5. The molecule has 2 atom stereocenters. The van der Waals surface area contributed by atoms with Crippen molar-refractivity contribution in [2.45, 2.75) is 65.6 Å². The molecule has 0 spiro atoms. The summed E-state index contributed by atoms with van der Waals surface area (Å²) >= 11 is 1.90. The summed E-state index contributed by atoms with van der Waals surface area (Å²) < 4.78 is 0. The van der Waals surface area contributed by atoms with Gasteiger partial charge in [-0.1, -0.05) is 37.1 Å². The number of carbonyl (C=O) groups is 1. The Balaban J connectivity index is 2.40. The lowest BCUT2D eigenvalue weighted by Gasteiger charge is -2.28. The minimum Gasteiger partial charge on any atom is -0.294 e. The van der Waals surface area contributed by atoms with Gasteiger partial charge < -0.3 is 0 Å². The molecule has 0 aromatic heterocycles. The van der Waals surface area contributed by atoms with Crippen LogP contribution in [0, 0.1) is 19.8 Å². The highest BCUT2D eigenvalue weighted by atomic mass is 32.2. The number of aryl methyl sites for hydroxylation is 3. The third-order valence-electron chi connectivity index (χ3n) is 5.03. The van der Waals surface area contributed by atoms with Crippen molar-refractivity contribution >= 4 is 23.1 Å². The second-order valence-electron chi connectivity index (χ2n) is 7.10. The Morgan fingerprint density at radius 1 is 1.22 bits per heavy atom. The Hall–Kier alpha value is -1.02. The SMILES string of the molecule is CCc1cc(C)cc(C)c1C1=C(C)CC(CC(C)SC)CC1=O. The van der Waals surface area contributed by atoms with Crippen LogP contribution in [0.1, 0.15) is 62.3 Å². The summed E-state index contributed by atoms with van der Waals surface area (Å²) in [5.41, 5.74) is 7.39. The van der Waals surface area contributed by atoms with Crippen molar-refractivity contribution in [2.24, 2.45) is 5.92 Å². The van der Waals surface area contributed by atoms with E-state index in [1.54, 1.807) is 0 Å². The molecule has 0 saturated heterocycles. The smallest absolute Gasteiger partial charge is 0.163 e. The second-order valence-corrected chi connectivity index (χ2v) is 8.38. The quantitative estimate of drug-likeness (QED) is 0.682. The molecule has 0 bridgehead atoms. The number of thioether (sulfide) groups is 1. The maximum Gasteiger partial charge on any atom is 0.163 e. The fraction of sp³-hybridized carbons (Fsp3) is 0.571. The van der Waals surface area contributed by atoms with E-state index in [2.05, 4.69) is 53.0 Å². The van der Waals surface area contributed by atoms with Crippen LogP contribution in [0.25, 0.3) is 5.57 Å². The average molecular weight is 331 g/mol. The van der Waals surface area contributed by atoms with Gasteiger partial charge in [0.05, 0.1) is 0 Å². The molecule has 0 heterocycles. The number of carbonyl (C=O) groups excluding carboxylic acids is 1. The van der Waals surface area contributed by atoms with Crippen LogP contribution in [0.3, 0.4) is 0 Å². The largest absolute Gasteiger partial charge is 0.294 e. The van der Waals surface area contributed by atoms with Crippen molar-refractivity contribution in [3.05, 3.63) is 40.0 Å². The van der Waals surface area contributed by atoms with E-state index in [1.807, 2.05) is 11.8 Å². The van der Waals surface area contributed by atoms with Crippen LogP contribution in [0.4, 0.5) is 0 Å². The molecule has 1 aromatic rings. The van der Waals surface area contributed by atoms with Crippen LogP contribution >= 0.6 is 11.8 Å². The Kier molecular flexibility index (Phi) is 6.13. The monoisotopic (exact) mass is 330 g/mol. The van der Waals surface area contributed by atoms with Gasteiger partial charge in [-0.2, -0.15) is 11.8 Å². The molecule has 0 fully saturated rings. The average Bonchev–Trinajstić information content (AvgIpc) is 2.47. The van der Waals surface area contributed by atoms with Gasteiger partial charge in [0, 0.05) is 17.2 Å². The van der Waals surface area contributed by atoms with Crippen molar-refractivity contribution in [1.29, 1.82) is 0 Å². The lowest BCUT2D eigenvalue weighted by atomic mass is 9.77. The first kappa shape index (κ1) is 18.3. The Bertz CT molecular complexity index is 627. The summed E-state index contributed by atoms with van der Waals surface area (Å²) in [6.45, 7) is 10.9. The zero-order valence-corrected chi connectivity index (χ0v) is 16.3. The highest BCUT2D eigenvalue weighted by Gasteiger charge is 2.29. The van der Waals surface area contributed by atoms with Gasteiger partial charge >= 0.3 is 0 Å². The third kappa shape index (κ3) is 4.09. The Morgan fingerprint density at radius 2 is 1.91 bits per heavy atom. The third-order valence-corrected chi connectivity index (χ3v) is 6.03. The van der Waals surface area contributed by atoms with Crippen molar-refractivity contribution < 1.29 is 4.79 Å². The summed E-state index contributed by atoms with van der Waals surface area (Å²) in [5.74, 6) is 0.873. The molecule has 2 rings (SSSR count). The summed E-state index contributed by atoms with van der Waals surface area (Å²) in [4.78, 5) is 12.9. The number of allylic oxidation sites excluding steroid dienone is 2. The van der Waals surface area contributed by atoms with Gasteiger partial charge in [-0.05, 0) is 68.9 Å². The molecule has 23 heavy (non-hydrogen) atoms. The lowest BCUT2D eigenvalue weighted by molar-refractivity contribution is -0.115. The van der Waals surface area contributed by atoms with E-state index >= 15 is 0 Å². The zero-order valence-electron chi connectivity index (χ0n) is 15.5. The standard InChI is InChI=1S/C21H30OS/c1-7-18-9-13(2)8-14(3)20(18)21-15(4)10-17(12-19(21)22)11-16(5)23-6/h8-9,16-17H,7,10-12H2,1-6H3. The maximum absolute atomic E-state index is 12.9. The molecule has 0 N–H and O–H groups in total. The molecule has 0 amide bonds. The van der Waals surface area contributed by atoms with E-state index in [9.17, 15) is 4.79 Å². The predicted molar refractivity (Wildman–Crippen MR) is 103 cm³/mol. The molecule has 2 heteroatoms. The van der Waals surface area contributed by atoms with E-state index in [0.717, 1.165) is 24.8 Å². The minimum absolute atomic E-state index is 0.355. The lowest BCUT2D eigenvalue weighted by Crippen LogP contribution is -2.21. The Labute approximate surface area is 145 Å². The zero-order chi connectivity index (χ0) is 17.1. The fourth-order valence-electron chi connectivity index (χ4n) is 3.99. The molecule has 1 nitrogen and oxygen atoms in total. The van der Waals surface area contributed by atoms with Gasteiger partial charge in [0.1, 0.15) is 0 Å². The second kappa shape index (κ2) is 7.70. The summed E-state index contributed by atoms with van der Waals surface area (Å²) in [6.07, 6.45) is 6.07. The van der Waals surface area contributed by atoms with E-state index in [1.165, 1.54) is 27.8 Å². The van der Waals surface area contributed by atoms with Crippen LogP contribution < -0.4 is 0 Å². The highest BCUT2D eigenvalue weighted by Crippen LogP contribution is 2.38. The van der Waals surface area contributed by atoms with Gasteiger partial charge in [-0.25, -0.2) is 0 Å². The van der Waals surface area contributed by atoms with Crippen LogP contribution in [0.2, 0.25) is 0 Å². The van der Waals surface area contributed by atoms with Crippen molar-refractivity contribution in [2.75, 3.05) is 6.26 Å². The summed E-state index contributed by atoms with van der Waals surface area (Å²) in [7, 11) is 0. The van der Waals surface area contributed by atoms with E-state index in [0.29, 0.717) is 23.4 Å². The summed E-state index contributed by atoms with van der Waals surface area (Å²) in [6, 6.07) is 4.46. The van der Waals surface area contributed by atoms with Gasteiger partial charge in [0.15, 0.2) is 5.78 Å². The normalized spacial score (nSPS) is 20.1. The first-order valence-corrected chi connectivity index (χ1v) is 10.0. The van der Waals surface area contributed by atoms with Gasteiger partial charge in [0.25, 0.3) is 0 Å². The highest BCUT2D eigenvalue weighted by molar-refractivity contribution is 7.99. The van der Waals surface area contributed by atoms with E-state index in [-0.39, 0.29) is 0 Å². The number of ketones is 1. The number of hydrogen-bond donors (Lipinski definition) is 0. The molecular formula is C21H30OS. The predicted octanol–water partition coefficient (Wildman–Crippen LogP) is 5.76. The van der Waals surface area contributed by atoms with Crippen LogP contribution in [0.15, 0.2) is 17.7 Å². The molecule has 1 aliphatic carbocycles. The van der Waals surface area contributed by atoms with Gasteiger partial charge in [-0.3, -0.25) is 4.79 Å². The molecule has 0 radical (unpaired) electrons.